The van der Waals surface area contributed by atoms with Crippen LogP contribution in [0.4, 0.5) is 5.82 Å². The molecule has 2 N–H and O–H groups in total. The van der Waals surface area contributed by atoms with E-state index in [9.17, 15) is 5.11 Å². The number of fused-ring (bicyclic) bond motifs is 1. The van der Waals surface area contributed by atoms with Gasteiger partial charge in [-0.2, -0.15) is 0 Å². The molecule has 0 radical (unpaired) electrons. The van der Waals surface area contributed by atoms with Crippen molar-refractivity contribution >= 4 is 16.6 Å². The van der Waals surface area contributed by atoms with Gasteiger partial charge in [0.1, 0.15) is 11.6 Å². The molecule has 1 aromatic carbocycles. The highest BCUT2D eigenvalue weighted by atomic mass is 16.3. The second-order valence-corrected chi connectivity index (χ2v) is 5.41. The zero-order valence-electron chi connectivity index (χ0n) is 11.3. The van der Waals surface area contributed by atoms with Crippen LogP contribution in [-0.4, -0.2) is 35.3 Å². The Labute approximate surface area is 113 Å². The fraction of sp³-hybridized carbons (Fsp3) is 0.400. The quantitative estimate of drug-likeness (QED) is 0.821. The van der Waals surface area contributed by atoms with Crippen LogP contribution in [-0.2, 0) is 0 Å². The first kappa shape index (κ1) is 12.2. The fourth-order valence-electron chi connectivity index (χ4n) is 2.89. The van der Waals surface area contributed by atoms with E-state index in [0.717, 1.165) is 29.7 Å². The summed E-state index contributed by atoms with van der Waals surface area (Å²) in [5.41, 5.74) is 0. The number of hydrogen-bond donors (Lipinski definition) is 2. The highest BCUT2D eigenvalue weighted by molar-refractivity contribution is 5.93. The van der Waals surface area contributed by atoms with E-state index in [0.29, 0.717) is 12.1 Å². The predicted molar refractivity (Wildman–Crippen MR) is 77.7 cm³/mol. The van der Waals surface area contributed by atoms with Crippen molar-refractivity contribution in [1.82, 2.24) is 10.3 Å². The van der Waals surface area contributed by atoms with Crippen LogP contribution in [0.3, 0.4) is 0 Å². The topological polar surface area (TPSA) is 48.4 Å². The van der Waals surface area contributed by atoms with E-state index in [4.69, 9.17) is 0 Å². The Balaban J connectivity index is 2.06. The number of nitrogens with zero attached hydrogens (tertiary/aromatic N) is 2. The lowest BCUT2D eigenvalue weighted by Gasteiger charge is -2.37. The molecule has 2 unspecified atom stereocenters. The molecule has 1 fully saturated rings. The van der Waals surface area contributed by atoms with Crippen molar-refractivity contribution in [3.63, 3.8) is 0 Å². The SMILES string of the molecule is CC1CN(c2nccc3ccc(O)cc23)CC(C)N1. The van der Waals surface area contributed by atoms with Crippen LogP contribution in [0.5, 0.6) is 5.75 Å². The van der Waals surface area contributed by atoms with E-state index in [-0.39, 0.29) is 5.75 Å². The third kappa shape index (κ3) is 2.36. The van der Waals surface area contributed by atoms with Gasteiger partial charge in [-0.25, -0.2) is 4.98 Å². The lowest BCUT2D eigenvalue weighted by Crippen LogP contribution is -2.54. The van der Waals surface area contributed by atoms with Gasteiger partial charge in [-0.3, -0.25) is 0 Å². The molecule has 2 heterocycles. The number of nitrogens with one attached hydrogen (secondary N) is 1. The van der Waals surface area contributed by atoms with E-state index in [2.05, 4.69) is 29.0 Å². The molecule has 1 aromatic heterocycles. The maximum Gasteiger partial charge on any atom is 0.136 e. The molecule has 1 aliphatic rings. The number of pyridine rings is 1. The van der Waals surface area contributed by atoms with Gasteiger partial charge < -0.3 is 15.3 Å². The lowest BCUT2D eigenvalue weighted by atomic mass is 10.1. The summed E-state index contributed by atoms with van der Waals surface area (Å²) in [5.74, 6) is 1.26. The van der Waals surface area contributed by atoms with Crippen LogP contribution in [0.1, 0.15) is 13.8 Å². The summed E-state index contributed by atoms with van der Waals surface area (Å²) in [4.78, 5) is 6.83. The number of aromatic hydroxyl groups is 1. The number of benzene rings is 1. The molecule has 4 nitrogen and oxygen atoms in total. The summed E-state index contributed by atoms with van der Waals surface area (Å²) >= 11 is 0. The highest BCUT2D eigenvalue weighted by Crippen LogP contribution is 2.28. The Kier molecular flexibility index (Phi) is 3.03. The number of rotatable bonds is 1. The Hall–Kier alpha value is -1.81. The van der Waals surface area contributed by atoms with Crippen molar-refractivity contribution in [3.05, 3.63) is 30.5 Å². The van der Waals surface area contributed by atoms with Crippen LogP contribution in [0, 0.1) is 0 Å². The molecule has 0 spiro atoms. The summed E-state index contributed by atoms with van der Waals surface area (Å²) in [6.07, 6.45) is 1.84. The third-order valence-electron chi connectivity index (χ3n) is 3.59. The summed E-state index contributed by atoms with van der Waals surface area (Å²) in [7, 11) is 0. The summed E-state index contributed by atoms with van der Waals surface area (Å²) < 4.78 is 0. The fourth-order valence-corrected chi connectivity index (χ4v) is 2.89. The van der Waals surface area contributed by atoms with E-state index in [1.54, 1.807) is 12.1 Å². The molecule has 1 saturated heterocycles. The van der Waals surface area contributed by atoms with Gasteiger partial charge in [-0.1, -0.05) is 6.07 Å². The summed E-state index contributed by atoms with van der Waals surface area (Å²) in [6, 6.07) is 8.32. The van der Waals surface area contributed by atoms with E-state index < -0.39 is 0 Å². The monoisotopic (exact) mass is 257 g/mol. The van der Waals surface area contributed by atoms with Crippen LogP contribution in [0.2, 0.25) is 0 Å². The molecule has 2 aromatic rings. The predicted octanol–water partition coefficient (Wildman–Crippen LogP) is 2.13. The standard InChI is InChI=1S/C15H19N3O/c1-10-8-18(9-11(2)17-10)15-14-7-13(19)4-3-12(14)5-6-16-15/h3-7,10-11,17,19H,8-9H2,1-2H3. The average molecular weight is 257 g/mol. The molecular weight excluding hydrogens is 238 g/mol. The first-order valence-electron chi connectivity index (χ1n) is 6.72. The molecule has 0 saturated carbocycles. The van der Waals surface area contributed by atoms with Crippen LogP contribution in [0.15, 0.2) is 30.5 Å². The van der Waals surface area contributed by atoms with Gasteiger partial charge in [0.15, 0.2) is 0 Å². The van der Waals surface area contributed by atoms with Crippen molar-refractivity contribution in [3.8, 4) is 5.75 Å². The number of phenolic OH excluding ortho intramolecular Hbond substituents is 1. The van der Waals surface area contributed by atoms with Gasteiger partial charge in [0, 0.05) is 36.8 Å². The van der Waals surface area contributed by atoms with E-state index in [1.807, 2.05) is 18.3 Å². The Morgan fingerprint density at radius 1 is 1.21 bits per heavy atom. The van der Waals surface area contributed by atoms with E-state index in [1.165, 1.54) is 0 Å². The molecule has 100 valence electrons. The molecule has 1 aliphatic heterocycles. The molecule has 3 rings (SSSR count). The zero-order chi connectivity index (χ0) is 13.4. The smallest absolute Gasteiger partial charge is 0.136 e. The van der Waals surface area contributed by atoms with Gasteiger partial charge in [-0.15, -0.1) is 0 Å². The number of anilines is 1. The van der Waals surface area contributed by atoms with Crippen LogP contribution >= 0.6 is 0 Å². The number of aromatic nitrogens is 1. The third-order valence-corrected chi connectivity index (χ3v) is 3.59. The number of hydrogen-bond acceptors (Lipinski definition) is 4. The maximum atomic E-state index is 9.70. The summed E-state index contributed by atoms with van der Waals surface area (Å²) in [6.45, 7) is 6.24. The normalized spacial score (nSPS) is 23.8. The molecule has 0 aliphatic carbocycles. The first-order chi connectivity index (χ1) is 9.13. The minimum absolute atomic E-state index is 0.290. The van der Waals surface area contributed by atoms with Gasteiger partial charge >= 0.3 is 0 Å². The summed E-state index contributed by atoms with van der Waals surface area (Å²) in [5, 5.41) is 15.3. The maximum absolute atomic E-state index is 9.70. The van der Waals surface area contributed by atoms with Crippen molar-refractivity contribution in [1.29, 1.82) is 0 Å². The average Bonchev–Trinajstić information content (AvgIpc) is 2.36. The van der Waals surface area contributed by atoms with Gasteiger partial charge in [-0.05, 0) is 37.4 Å². The van der Waals surface area contributed by atoms with E-state index >= 15 is 0 Å². The Morgan fingerprint density at radius 3 is 2.68 bits per heavy atom. The Bertz CT molecular complexity index is 589. The Morgan fingerprint density at radius 2 is 1.95 bits per heavy atom. The molecular formula is C15H19N3O. The second kappa shape index (κ2) is 4.70. The number of piperazine rings is 1. The van der Waals surface area contributed by atoms with Crippen LogP contribution < -0.4 is 10.2 Å². The van der Waals surface area contributed by atoms with Crippen molar-refractivity contribution in [2.45, 2.75) is 25.9 Å². The second-order valence-electron chi connectivity index (χ2n) is 5.41. The lowest BCUT2D eigenvalue weighted by molar-refractivity contribution is 0.406. The van der Waals surface area contributed by atoms with Crippen molar-refractivity contribution in [2.24, 2.45) is 0 Å². The number of phenols is 1. The molecule has 0 amide bonds. The van der Waals surface area contributed by atoms with Gasteiger partial charge in [0.2, 0.25) is 0 Å². The van der Waals surface area contributed by atoms with Gasteiger partial charge in [0.05, 0.1) is 0 Å². The van der Waals surface area contributed by atoms with Crippen molar-refractivity contribution < 1.29 is 5.11 Å². The van der Waals surface area contributed by atoms with Gasteiger partial charge in [0.25, 0.3) is 0 Å². The molecule has 0 bridgehead atoms. The molecule has 2 atom stereocenters. The van der Waals surface area contributed by atoms with Crippen molar-refractivity contribution in [2.75, 3.05) is 18.0 Å². The highest BCUT2D eigenvalue weighted by Gasteiger charge is 2.23. The molecule has 19 heavy (non-hydrogen) atoms. The minimum Gasteiger partial charge on any atom is -0.508 e. The first-order valence-corrected chi connectivity index (χ1v) is 6.72. The van der Waals surface area contributed by atoms with Crippen LogP contribution in [0.25, 0.3) is 10.8 Å². The largest absolute Gasteiger partial charge is 0.508 e. The molecule has 4 heteroatoms. The zero-order valence-corrected chi connectivity index (χ0v) is 11.3. The minimum atomic E-state index is 0.290.